The Hall–Kier alpha value is -3.47. The van der Waals surface area contributed by atoms with Crippen LogP contribution in [0.1, 0.15) is 45.8 Å². The lowest BCUT2D eigenvalue weighted by Crippen LogP contribution is -2.32. The zero-order valence-corrected chi connectivity index (χ0v) is 17.5. The van der Waals surface area contributed by atoms with Crippen LogP contribution in [0.4, 0.5) is 0 Å². The number of aromatic nitrogens is 1. The molecule has 2 aromatic carbocycles. The van der Waals surface area contributed by atoms with Crippen molar-refractivity contribution in [3.8, 4) is 0 Å². The molecule has 5 heteroatoms. The van der Waals surface area contributed by atoms with Crippen LogP contribution in [0, 0.1) is 0 Å². The molecule has 0 aliphatic carbocycles. The van der Waals surface area contributed by atoms with Gasteiger partial charge in [-0.25, -0.2) is 0 Å². The molecular weight excluding hydrogens is 374 g/mol. The molecule has 154 valence electrons. The summed E-state index contributed by atoms with van der Waals surface area (Å²) in [6.45, 7) is 6.06. The van der Waals surface area contributed by atoms with Crippen LogP contribution in [0.2, 0.25) is 0 Å². The highest BCUT2D eigenvalue weighted by Gasteiger charge is 2.20. The Balaban J connectivity index is 1.76. The van der Waals surface area contributed by atoms with E-state index in [0.717, 1.165) is 11.1 Å². The zero-order valence-electron chi connectivity index (χ0n) is 17.5. The molecule has 0 aliphatic rings. The number of rotatable bonds is 8. The summed E-state index contributed by atoms with van der Waals surface area (Å²) in [7, 11) is 0. The third-order valence-corrected chi connectivity index (χ3v) is 5.00. The van der Waals surface area contributed by atoms with Crippen LogP contribution in [0.5, 0.6) is 0 Å². The predicted octanol–water partition coefficient (Wildman–Crippen LogP) is 4.41. The van der Waals surface area contributed by atoms with Crippen molar-refractivity contribution in [2.45, 2.75) is 26.9 Å². The molecule has 0 saturated heterocycles. The Morgan fingerprint density at radius 1 is 0.733 bits per heavy atom. The van der Waals surface area contributed by atoms with E-state index >= 15 is 0 Å². The first-order chi connectivity index (χ1) is 14.6. The van der Waals surface area contributed by atoms with Crippen LogP contribution in [-0.4, -0.2) is 39.7 Å². The molecule has 0 bridgehead atoms. The fraction of sp³-hybridized carbons (Fsp3) is 0.240. The molecule has 3 aromatic rings. The summed E-state index contributed by atoms with van der Waals surface area (Å²) in [5.41, 5.74) is 2.88. The van der Waals surface area contributed by atoms with E-state index in [2.05, 4.69) is 4.98 Å². The molecule has 0 saturated carbocycles. The normalized spacial score (nSPS) is 10.5. The summed E-state index contributed by atoms with van der Waals surface area (Å²) in [4.78, 5) is 33.8. The van der Waals surface area contributed by atoms with Crippen molar-refractivity contribution in [1.82, 2.24) is 14.8 Å². The molecular formula is C25H27N3O2. The summed E-state index contributed by atoms with van der Waals surface area (Å²) >= 11 is 0. The molecule has 0 radical (unpaired) electrons. The predicted molar refractivity (Wildman–Crippen MR) is 118 cm³/mol. The Labute approximate surface area is 178 Å². The molecule has 0 fully saturated rings. The van der Waals surface area contributed by atoms with Crippen LogP contribution in [0.25, 0.3) is 0 Å². The van der Waals surface area contributed by atoms with Crippen LogP contribution in [-0.2, 0) is 13.1 Å². The van der Waals surface area contributed by atoms with Crippen molar-refractivity contribution in [2.24, 2.45) is 0 Å². The minimum atomic E-state index is -0.179. The molecule has 5 nitrogen and oxygen atoms in total. The highest BCUT2D eigenvalue weighted by Crippen LogP contribution is 2.13. The molecule has 1 heterocycles. The van der Waals surface area contributed by atoms with Gasteiger partial charge in [0, 0.05) is 37.9 Å². The smallest absolute Gasteiger partial charge is 0.272 e. The molecule has 0 atom stereocenters. The van der Waals surface area contributed by atoms with Crippen molar-refractivity contribution in [3.05, 3.63) is 101 Å². The van der Waals surface area contributed by atoms with Crippen LogP contribution >= 0.6 is 0 Å². The van der Waals surface area contributed by atoms with Crippen molar-refractivity contribution in [2.75, 3.05) is 13.1 Å². The van der Waals surface area contributed by atoms with E-state index in [-0.39, 0.29) is 17.5 Å². The fourth-order valence-corrected chi connectivity index (χ4v) is 3.29. The van der Waals surface area contributed by atoms with Gasteiger partial charge in [0.15, 0.2) is 0 Å². The Kier molecular flexibility index (Phi) is 7.33. The van der Waals surface area contributed by atoms with Gasteiger partial charge in [-0.05, 0) is 37.1 Å². The van der Waals surface area contributed by atoms with Crippen LogP contribution in [0.3, 0.4) is 0 Å². The van der Waals surface area contributed by atoms with E-state index in [9.17, 15) is 9.59 Å². The molecule has 3 rings (SSSR count). The minimum absolute atomic E-state index is 0.107. The molecule has 0 spiro atoms. The average Bonchev–Trinajstić information content (AvgIpc) is 2.81. The van der Waals surface area contributed by atoms with E-state index < -0.39 is 0 Å². The number of amides is 2. The maximum Gasteiger partial charge on any atom is 0.272 e. The lowest BCUT2D eigenvalue weighted by atomic mass is 10.1. The van der Waals surface area contributed by atoms with Gasteiger partial charge in [0.05, 0.1) is 0 Å². The Morgan fingerprint density at radius 3 is 1.73 bits per heavy atom. The van der Waals surface area contributed by atoms with E-state index in [1.54, 1.807) is 21.9 Å². The topological polar surface area (TPSA) is 53.5 Å². The second-order valence-corrected chi connectivity index (χ2v) is 7.04. The second-order valence-electron chi connectivity index (χ2n) is 7.04. The standard InChI is InChI=1S/C25H27N3O2/c1-3-27(18-20-11-7-5-8-12-20)24(29)22-15-16-26-23(17-22)25(30)28(4-2)19-21-13-9-6-10-14-21/h5-17H,3-4,18-19H2,1-2H3. The Morgan fingerprint density at radius 2 is 1.23 bits per heavy atom. The van der Waals surface area contributed by atoms with E-state index in [4.69, 9.17) is 0 Å². The number of benzene rings is 2. The zero-order chi connectivity index (χ0) is 21.3. The van der Waals surface area contributed by atoms with Crippen LogP contribution in [0.15, 0.2) is 79.0 Å². The van der Waals surface area contributed by atoms with Gasteiger partial charge in [-0.2, -0.15) is 0 Å². The maximum absolute atomic E-state index is 13.1. The summed E-state index contributed by atoms with van der Waals surface area (Å²) in [5, 5.41) is 0. The van der Waals surface area contributed by atoms with Crippen LogP contribution < -0.4 is 0 Å². The van der Waals surface area contributed by atoms with Gasteiger partial charge in [0.2, 0.25) is 0 Å². The summed E-state index contributed by atoms with van der Waals surface area (Å²) in [6, 6.07) is 23.0. The summed E-state index contributed by atoms with van der Waals surface area (Å²) in [5.74, 6) is -0.286. The first-order valence-electron chi connectivity index (χ1n) is 10.2. The first kappa shape index (κ1) is 21.2. The first-order valence-corrected chi connectivity index (χ1v) is 10.2. The average molecular weight is 402 g/mol. The lowest BCUT2D eigenvalue weighted by Gasteiger charge is -2.22. The fourth-order valence-electron chi connectivity index (χ4n) is 3.29. The van der Waals surface area contributed by atoms with E-state index in [1.807, 2.05) is 74.5 Å². The molecule has 0 aliphatic heterocycles. The molecule has 0 N–H and O–H groups in total. The summed E-state index contributed by atoms with van der Waals surface area (Å²) in [6.07, 6.45) is 1.53. The SMILES string of the molecule is CCN(Cc1ccccc1)C(=O)c1ccnc(C(=O)N(CC)Cc2ccccc2)c1. The van der Waals surface area contributed by atoms with Gasteiger partial charge >= 0.3 is 0 Å². The van der Waals surface area contributed by atoms with Crippen molar-refractivity contribution in [1.29, 1.82) is 0 Å². The molecule has 0 unspecified atom stereocenters. The molecule has 1 aromatic heterocycles. The van der Waals surface area contributed by atoms with Gasteiger partial charge in [-0.1, -0.05) is 60.7 Å². The lowest BCUT2D eigenvalue weighted by molar-refractivity contribution is 0.0745. The monoisotopic (exact) mass is 401 g/mol. The van der Waals surface area contributed by atoms with E-state index in [0.29, 0.717) is 31.7 Å². The van der Waals surface area contributed by atoms with Gasteiger partial charge < -0.3 is 9.80 Å². The van der Waals surface area contributed by atoms with E-state index in [1.165, 1.54) is 6.20 Å². The van der Waals surface area contributed by atoms with Crippen molar-refractivity contribution < 1.29 is 9.59 Å². The highest BCUT2D eigenvalue weighted by molar-refractivity contribution is 5.98. The van der Waals surface area contributed by atoms with Gasteiger partial charge in [0.25, 0.3) is 11.8 Å². The second kappa shape index (κ2) is 10.3. The third-order valence-electron chi connectivity index (χ3n) is 5.00. The summed E-state index contributed by atoms with van der Waals surface area (Å²) < 4.78 is 0. The number of nitrogens with zero attached hydrogens (tertiary/aromatic N) is 3. The molecule has 30 heavy (non-hydrogen) atoms. The van der Waals surface area contributed by atoms with Crippen molar-refractivity contribution in [3.63, 3.8) is 0 Å². The third kappa shape index (κ3) is 5.32. The highest BCUT2D eigenvalue weighted by atomic mass is 16.2. The maximum atomic E-state index is 13.1. The number of pyridine rings is 1. The quantitative estimate of drug-likeness (QED) is 0.562. The number of hydrogen-bond acceptors (Lipinski definition) is 3. The van der Waals surface area contributed by atoms with Gasteiger partial charge in [-0.3, -0.25) is 14.6 Å². The number of carbonyl (C=O) groups excluding carboxylic acids is 2. The largest absolute Gasteiger partial charge is 0.335 e. The Bertz CT molecular complexity index is 897. The van der Waals surface area contributed by atoms with Gasteiger partial charge in [0.1, 0.15) is 5.69 Å². The number of carbonyl (C=O) groups is 2. The van der Waals surface area contributed by atoms with Crippen molar-refractivity contribution >= 4 is 11.8 Å². The molecule has 2 amide bonds. The van der Waals surface area contributed by atoms with Gasteiger partial charge in [-0.15, -0.1) is 0 Å². The number of hydrogen-bond donors (Lipinski definition) is 0. The minimum Gasteiger partial charge on any atom is -0.335 e.